The number of aromatic nitrogens is 4. The molecule has 0 spiro atoms. The van der Waals surface area contributed by atoms with Gasteiger partial charge in [0.25, 0.3) is 0 Å². The van der Waals surface area contributed by atoms with Crippen LogP contribution in [0.15, 0.2) is 24.5 Å². The van der Waals surface area contributed by atoms with Crippen LogP contribution < -0.4 is 5.32 Å². The van der Waals surface area contributed by atoms with E-state index in [0.29, 0.717) is 6.54 Å². The summed E-state index contributed by atoms with van der Waals surface area (Å²) in [7, 11) is 1.88. The van der Waals surface area contributed by atoms with Crippen molar-refractivity contribution in [2.24, 2.45) is 7.05 Å². The van der Waals surface area contributed by atoms with Crippen molar-refractivity contribution in [1.82, 2.24) is 25.1 Å². The Balaban J connectivity index is 1.87. The summed E-state index contributed by atoms with van der Waals surface area (Å²) in [4.78, 5) is 8.54. The van der Waals surface area contributed by atoms with E-state index in [-0.39, 0.29) is 0 Å². The van der Waals surface area contributed by atoms with Gasteiger partial charge in [-0.15, -0.1) is 0 Å². The summed E-state index contributed by atoms with van der Waals surface area (Å²) in [6.07, 6.45) is 1.56. The first-order valence-electron chi connectivity index (χ1n) is 5.22. The van der Waals surface area contributed by atoms with Gasteiger partial charge in [0.1, 0.15) is 12.2 Å². The molecule has 5 nitrogen and oxygen atoms in total. The Morgan fingerprint density at radius 2 is 2.19 bits per heavy atom. The lowest BCUT2D eigenvalue weighted by Crippen LogP contribution is -2.16. The number of hydrogen-bond donors (Lipinski definition) is 1. The third-order valence-electron chi connectivity index (χ3n) is 2.34. The minimum atomic E-state index is 0.701. The second-order valence-corrected chi connectivity index (χ2v) is 3.67. The highest BCUT2D eigenvalue weighted by Crippen LogP contribution is 1.98. The molecule has 0 aliphatic carbocycles. The van der Waals surface area contributed by atoms with Crippen LogP contribution >= 0.6 is 0 Å². The quantitative estimate of drug-likeness (QED) is 0.823. The second kappa shape index (κ2) is 4.85. The summed E-state index contributed by atoms with van der Waals surface area (Å²) in [5.41, 5.74) is 2.08. The molecule has 0 radical (unpaired) electrons. The van der Waals surface area contributed by atoms with Crippen LogP contribution in [0.2, 0.25) is 0 Å². The van der Waals surface area contributed by atoms with Gasteiger partial charge in [0.15, 0.2) is 0 Å². The molecule has 2 aromatic rings. The lowest BCUT2D eigenvalue weighted by atomic mass is 10.3. The van der Waals surface area contributed by atoms with Crippen LogP contribution in [0.4, 0.5) is 0 Å². The maximum Gasteiger partial charge on any atom is 0.140 e. The number of rotatable bonds is 4. The van der Waals surface area contributed by atoms with Gasteiger partial charge in [-0.25, -0.2) is 4.98 Å². The maximum absolute atomic E-state index is 4.41. The second-order valence-electron chi connectivity index (χ2n) is 3.67. The third-order valence-corrected chi connectivity index (χ3v) is 2.34. The van der Waals surface area contributed by atoms with Gasteiger partial charge in [-0.05, 0) is 19.1 Å². The van der Waals surface area contributed by atoms with Crippen LogP contribution in [0.5, 0.6) is 0 Å². The predicted octanol–water partition coefficient (Wildman–Crippen LogP) is 0.808. The summed E-state index contributed by atoms with van der Waals surface area (Å²) in [5.74, 6) is 0.924. The van der Waals surface area contributed by atoms with Gasteiger partial charge in [0.05, 0.1) is 12.2 Å². The van der Waals surface area contributed by atoms with Crippen molar-refractivity contribution in [2.75, 3.05) is 0 Å². The van der Waals surface area contributed by atoms with Crippen LogP contribution in [0.3, 0.4) is 0 Å². The summed E-state index contributed by atoms with van der Waals surface area (Å²) < 4.78 is 1.76. The zero-order valence-electron chi connectivity index (χ0n) is 9.51. The van der Waals surface area contributed by atoms with Crippen LogP contribution in [0, 0.1) is 6.92 Å². The molecule has 0 unspecified atom stereocenters. The molecule has 0 aromatic carbocycles. The van der Waals surface area contributed by atoms with E-state index in [2.05, 4.69) is 20.4 Å². The Bertz CT molecular complexity index is 463. The van der Waals surface area contributed by atoms with Crippen molar-refractivity contribution in [3.63, 3.8) is 0 Å². The van der Waals surface area contributed by atoms with Crippen molar-refractivity contribution < 1.29 is 0 Å². The summed E-state index contributed by atoms with van der Waals surface area (Å²) >= 11 is 0. The lowest BCUT2D eigenvalue weighted by Gasteiger charge is -2.04. The molecular weight excluding hydrogens is 202 g/mol. The average Bonchev–Trinajstić information content (AvgIpc) is 2.65. The molecule has 16 heavy (non-hydrogen) atoms. The van der Waals surface area contributed by atoms with Crippen molar-refractivity contribution in [2.45, 2.75) is 20.0 Å². The Morgan fingerprint density at radius 1 is 1.31 bits per heavy atom. The molecule has 5 heteroatoms. The number of pyridine rings is 1. The van der Waals surface area contributed by atoms with Gasteiger partial charge in [0.2, 0.25) is 0 Å². The van der Waals surface area contributed by atoms with Crippen molar-refractivity contribution in [3.05, 3.63) is 41.7 Å². The fourth-order valence-corrected chi connectivity index (χ4v) is 1.48. The number of nitrogens with zero attached hydrogens (tertiary/aromatic N) is 4. The van der Waals surface area contributed by atoms with Gasteiger partial charge in [-0.1, -0.05) is 6.07 Å². The lowest BCUT2D eigenvalue weighted by molar-refractivity contribution is 0.607. The first-order chi connectivity index (χ1) is 7.75. The molecule has 0 bridgehead atoms. The highest BCUT2D eigenvalue weighted by molar-refractivity contribution is 5.09. The molecule has 0 amide bonds. The molecule has 2 heterocycles. The van der Waals surface area contributed by atoms with E-state index >= 15 is 0 Å². The van der Waals surface area contributed by atoms with E-state index in [1.165, 1.54) is 0 Å². The number of aryl methyl sites for hydroxylation is 2. The van der Waals surface area contributed by atoms with Crippen molar-refractivity contribution in [3.8, 4) is 0 Å². The van der Waals surface area contributed by atoms with E-state index in [9.17, 15) is 0 Å². The minimum absolute atomic E-state index is 0.701. The number of hydrogen-bond acceptors (Lipinski definition) is 4. The minimum Gasteiger partial charge on any atom is -0.304 e. The smallest absolute Gasteiger partial charge is 0.140 e. The Labute approximate surface area is 94.5 Å². The summed E-state index contributed by atoms with van der Waals surface area (Å²) in [6.45, 7) is 3.44. The van der Waals surface area contributed by atoms with E-state index in [1.54, 1.807) is 11.0 Å². The molecule has 0 fully saturated rings. The molecule has 0 atom stereocenters. The van der Waals surface area contributed by atoms with Gasteiger partial charge < -0.3 is 5.32 Å². The Kier molecular flexibility index (Phi) is 3.26. The fraction of sp³-hybridized carbons (Fsp3) is 0.364. The topological polar surface area (TPSA) is 55.6 Å². The van der Waals surface area contributed by atoms with Crippen LogP contribution in [0.25, 0.3) is 0 Å². The van der Waals surface area contributed by atoms with Gasteiger partial charge in [-0.3, -0.25) is 9.67 Å². The SMILES string of the molecule is Cc1cccc(CNCc2ncnn2C)n1. The molecule has 0 aliphatic rings. The van der Waals surface area contributed by atoms with Crippen molar-refractivity contribution >= 4 is 0 Å². The zero-order chi connectivity index (χ0) is 11.4. The standard InChI is InChI=1S/C11H15N5/c1-9-4-3-5-10(15-9)6-12-7-11-13-8-14-16(11)2/h3-5,8,12H,6-7H2,1-2H3. The van der Waals surface area contributed by atoms with E-state index in [1.807, 2.05) is 32.2 Å². The first kappa shape index (κ1) is 10.8. The summed E-state index contributed by atoms with van der Waals surface area (Å²) in [6, 6.07) is 6.02. The molecule has 84 valence electrons. The molecule has 0 aliphatic heterocycles. The molecule has 0 saturated heterocycles. The van der Waals surface area contributed by atoms with Gasteiger partial charge in [0, 0.05) is 19.3 Å². The van der Waals surface area contributed by atoms with E-state index in [0.717, 1.165) is 23.8 Å². The molecule has 0 saturated carbocycles. The molecular formula is C11H15N5. The molecule has 1 N–H and O–H groups in total. The van der Waals surface area contributed by atoms with Gasteiger partial charge >= 0.3 is 0 Å². The fourth-order valence-electron chi connectivity index (χ4n) is 1.48. The summed E-state index contributed by atoms with van der Waals surface area (Å²) in [5, 5.41) is 7.29. The first-order valence-corrected chi connectivity index (χ1v) is 5.22. The van der Waals surface area contributed by atoms with Crippen LogP contribution in [-0.2, 0) is 20.1 Å². The monoisotopic (exact) mass is 217 g/mol. The predicted molar refractivity (Wildman–Crippen MR) is 60.5 cm³/mol. The average molecular weight is 217 g/mol. The van der Waals surface area contributed by atoms with Crippen LogP contribution in [-0.4, -0.2) is 19.7 Å². The Hall–Kier alpha value is -1.75. The largest absolute Gasteiger partial charge is 0.304 e. The van der Waals surface area contributed by atoms with E-state index in [4.69, 9.17) is 0 Å². The zero-order valence-corrected chi connectivity index (χ0v) is 9.51. The maximum atomic E-state index is 4.41. The van der Waals surface area contributed by atoms with Gasteiger partial charge in [-0.2, -0.15) is 5.10 Å². The third kappa shape index (κ3) is 2.64. The number of nitrogens with one attached hydrogen (secondary N) is 1. The Morgan fingerprint density at radius 3 is 2.88 bits per heavy atom. The van der Waals surface area contributed by atoms with Crippen molar-refractivity contribution in [1.29, 1.82) is 0 Å². The normalized spacial score (nSPS) is 10.6. The van der Waals surface area contributed by atoms with E-state index < -0.39 is 0 Å². The molecule has 2 aromatic heterocycles. The highest BCUT2D eigenvalue weighted by atomic mass is 15.3. The van der Waals surface area contributed by atoms with Crippen LogP contribution in [0.1, 0.15) is 17.2 Å². The molecule has 2 rings (SSSR count). The highest BCUT2D eigenvalue weighted by Gasteiger charge is 2.00.